The third-order valence-corrected chi connectivity index (χ3v) is 6.74. The van der Waals surface area contributed by atoms with Crippen LogP contribution in [-0.4, -0.2) is 27.4 Å². The van der Waals surface area contributed by atoms with Crippen molar-refractivity contribution in [3.63, 3.8) is 0 Å². The molecule has 1 unspecified atom stereocenters. The molecule has 5 nitrogen and oxygen atoms in total. The van der Waals surface area contributed by atoms with Gasteiger partial charge in [-0.25, -0.2) is 13.6 Å². The standard InChI is InChI=1S/C28H25F2NO4/c1-15-7-10-18(13-19(15)29)31-21-5-4-6-22(32)24(21)25-23(35-14-28(2,3)26(25)31)12-16-8-9-17(27(33)34)11-20(16)30/h4-11,13,23,32H,12,14H2,1-3H3,(H,33,34). The van der Waals surface area contributed by atoms with Gasteiger partial charge in [-0.2, -0.15) is 0 Å². The Morgan fingerprint density at radius 2 is 1.89 bits per heavy atom. The van der Waals surface area contributed by atoms with Gasteiger partial charge in [0.25, 0.3) is 0 Å². The second-order valence-electron chi connectivity index (χ2n) is 9.70. The molecule has 35 heavy (non-hydrogen) atoms. The summed E-state index contributed by atoms with van der Waals surface area (Å²) in [6, 6.07) is 14.0. The van der Waals surface area contributed by atoms with Crippen LogP contribution in [0.1, 0.15) is 52.7 Å². The number of carbonyl (C=O) groups is 1. The molecule has 5 rings (SSSR count). The molecule has 0 fully saturated rings. The molecule has 7 heteroatoms. The normalized spacial score (nSPS) is 16.9. The number of hydrogen-bond acceptors (Lipinski definition) is 3. The summed E-state index contributed by atoms with van der Waals surface area (Å²) in [5, 5.41) is 20.6. The maximum atomic E-state index is 14.8. The van der Waals surface area contributed by atoms with Crippen molar-refractivity contribution in [3.05, 3.63) is 94.2 Å². The Morgan fingerprint density at radius 3 is 2.57 bits per heavy atom. The molecule has 4 aromatic rings. The maximum Gasteiger partial charge on any atom is 0.335 e. The van der Waals surface area contributed by atoms with Crippen LogP contribution < -0.4 is 0 Å². The maximum absolute atomic E-state index is 14.8. The Bertz CT molecular complexity index is 1490. The van der Waals surface area contributed by atoms with E-state index in [0.29, 0.717) is 34.3 Å². The van der Waals surface area contributed by atoms with Crippen LogP contribution >= 0.6 is 0 Å². The molecule has 0 aliphatic carbocycles. The van der Waals surface area contributed by atoms with Crippen molar-refractivity contribution in [2.24, 2.45) is 0 Å². The van der Waals surface area contributed by atoms with Gasteiger partial charge >= 0.3 is 5.97 Å². The summed E-state index contributed by atoms with van der Waals surface area (Å²) in [6.45, 7) is 6.06. The van der Waals surface area contributed by atoms with E-state index in [9.17, 15) is 18.7 Å². The van der Waals surface area contributed by atoms with Crippen molar-refractivity contribution in [1.82, 2.24) is 4.57 Å². The number of ether oxygens (including phenoxy) is 1. The molecule has 0 saturated heterocycles. The van der Waals surface area contributed by atoms with E-state index in [1.54, 1.807) is 25.1 Å². The zero-order chi connectivity index (χ0) is 25.1. The van der Waals surface area contributed by atoms with Crippen molar-refractivity contribution in [2.75, 3.05) is 6.61 Å². The van der Waals surface area contributed by atoms with Gasteiger partial charge in [0.05, 0.1) is 23.8 Å². The lowest BCUT2D eigenvalue weighted by molar-refractivity contribution is 0.00577. The predicted octanol–water partition coefficient (Wildman–Crippen LogP) is 6.21. The van der Waals surface area contributed by atoms with E-state index >= 15 is 0 Å². The predicted molar refractivity (Wildman–Crippen MR) is 128 cm³/mol. The molecule has 1 aliphatic rings. The number of phenolic OH excluding ortho intramolecular Hbond substituents is 1. The van der Waals surface area contributed by atoms with E-state index in [1.807, 2.05) is 30.5 Å². The molecule has 0 radical (unpaired) electrons. The monoisotopic (exact) mass is 477 g/mol. The Labute approximate surface area is 201 Å². The van der Waals surface area contributed by atoms with E-state index in [0.717, 1.165) is 17.3 Å². The summed E-state index contributed by atoms with van der Waals surface area (Å²) in [5.41, 5.74) is 3.11. The van der Waals surface area contributed by atoms with Crippen molar-refractivity contribution in [2.45, 2.75) is 38.7 Å². The average molecular weight is 478 g/mol. The number of aromatic hydroxyl groups is 1. The zero-order valence-corrected chi connectivity index (χ0v) is 19.6. The van der Waals surface area contributed by atoms with Crippen molar-refractivity contribution in [1.29, 1.82) is 0 Å². The summed E-state index contributed by atoms with van der Waals surface area (Å²) in [7, 11) is 0. The lowest BCUT2D eigenvalue weighted by atomic mass is 9.81. The summed E-state index contributed by atoms with van der Waals surface area (Å²) >= 11 is 0. The van der Waals surface area contributed by atoms with Crippen LogP contribution in [0.2, 0.25) is 0 Å². The number of carboxylic acid groups (broad SMARTS) is 1. The summed E-state index contributed by atoms with van der Waals surface area (Å²) in [5.74, 6) is -2.11. The highest BCUT2D eigenvalue weighted by Gasteiger charge is 2.40. The number of rotatable bonds is 4. The van der Waals surface area contributed by atoms with E-state index < -0.39 is 23.3 Å². The minimum absolute atomic E-state index is 0.0538. The first kappa shape index (κ1) is 23.1. The number of benzene rings is 3. The number of hydrogen-bond donors (Lipinski definition) is 2. The first-order chi connectivity index (χ1) is 16.6. The molecule has 0 bridgehead atoms. The van der Waals surface area contributed by atoms with Crippen LogP contribution in [0.25, 0.3) is 16.6 Å². The Kier molecular flexibility index (Phi) is 5.40. The molecule has 0 saturated carbocycles. The lowest BCUT2D eigenvalue weighted by Crippen LogP contribution is -2.35. The summed E-state index contributed by atoms with van der Waals surface area (Å²) < 4.78 is 37.6. The molecule has 2 heterocycles. The van der Waals surface area contributed by atoms with Gasteiger partial charge in [-0.05, 0) is 54.4 Å². The van der Waals surface area contributed by atoms with Crippen LogP contribution in [-0.2, 0) is 16.6 Å². The molecule has 1 aromatic heterocycles. The highest BCUT2D eigenvalue weighted by Crippen LogP contribution is 2.48. The molecule has 180 valence electrons. The van der Waals surface area contributed by atoms with Gasteiger partial charge in [-0.1, -0.05) is 32.0 Å². The van der Waals surface area contributed by atoms with E-state index in [2.05, 4.69) is 0 Å². The third kappa shape index (κ3) is 3.76. The molecule has 0 spiro atoms. The second kappa shape index (κ2) is 8.20. The van der Waals surface area contributed by atoms with Gasteiger partial charge in [0.1, 0.15) is 17.4 Å². The van der Waals surface area contributed by atoms with Crippen LogP contribution in [0, 0.1) is 18.6 Å². The summed E-state index contributed by atoms with van der Waals surface area (Å²) in [6.07, 6.45) is -0.458. The number of aryl methyl sites for hydroxylation is 1. The van der Waals surface area contributed by atoms with Crippen LogP contribution in [0.3, 0.4) is 0 Å². The van der Waals surface area contributed by atoms with Crippen LogP contribution in [0.4, 0.5) is 8.78 Å². The molecule has 1 atom stereocenters. The number of nitrogens with zero attached hydrogens (tertiary/aromatic N) is 1. The quantitative estimate of drug-likeness (QED) is 0.366. The van der Waals surface area contributed by atoms with Gasteiger partial charge in [0.2, 0.25) is 0 Å². The van der Waals surface area contributed by atoms with Crippen molar-refractivity contribution >= 4 is 16.9 Å². The minimum atomic E-state index is -1.20. The molecule has 2 N–H and O–H groups in total. The Hall–Kier alpha value is -3.71. The number of carboxylic acids is 1. The number of fused-ring (bicyclic) bond motifs is 3. The lowest BCUT2D eigenvalue weighted by Gasteiger charge is -2.37. The fraction of sp³-hybridized carbons (Fsp3) is 0.250. The highest BCUT2D eigenvalue weighted by molar-refractivity contribution is 5.93. The van der Waals surface area contributed by atoms with Crippen LogP contribution in [0.5, 0.6) is 5.75 Å². The fourth-order valence-corrected chi connectivity index (χ4v) is 4.99. The van der Waals surface area contributed by atoms with E-state index in [-0.39, 0.29) is 23.6 Å². The largest absolute Gasteiger partial charge is 0.507 e. The molecule has 0 amide bonds. The van der Waals surface area contributed by atoms with Gasteiger partial charge < -0.3 is 19.5 Å². The third-order valence-electron chi connectivity index (χ3n) is 6.74. The van der Waals surface area contributed by atoms with Gasteiger partial charge in [0, 0.05) is 34.2 Å². The first-order valence-electron chi connectivity index (χ1n) is 11.3. The topological polar surface area (TPSA) is 71.7 Å². The van der Waals surface area contributed by atoms with Gasteiger partial charge in [-0.15, -0.1) is 0 Å². The van der Waals surface area contributed by atoms with Crippen molar-refractivity contribution < 1.29 is 28.5 Å². The first-order valence-corrected chi connectivity index (χ1v) is 11.3. The number of halogens is 2. The van der Waals surface area contributed by atoms with Gasteiger partial charge in [-0.3, -0.25) is 0 Å². The highest BCUT2D eigenvalue weighted by atomic mass is 19.1. The Balaban J connectivity index is 1.74. The number of aromatic nitrogens is 1. The summed E-state index contributed by atoms with van der Waals surface area (Å²) in [4.78, 5) is 11.2. The number of aromatic carboxylic acids is 1. The molecular weight excluding hydrogens is 452 g/mol. The SMILES string of the molecule is Cc1ccc(-n2c3c(c4c(O)cccc42)C(Cc2ccc(C(=O)O)cc2F)OCC3(C)C)cc1F. The minimum Gasteiger partial charge on any atom is -0.507 e. The average Bonchev–Trinajstić information content (AvgIpc) is 3.17. The fourth-order valence-electron chi connectivity index (χ4n) is 4.99. The van der Waals surface area contributed by atoms with Crippen molar-refractivity contribution in [3.8, 4) is 11.4 Å². The molecule has 1 aliphatic heterocycles. The second-order valence-corrected chi connectivity index (χ2v) is 9.70. The zero-order valence-electron chi connectivity index (χ0n) is 19.6. The van der Waals surface area contributed by atoms with Crippen LogP contribution in [0.15, 0.2) is 54.6 Å². The molecule has 3 aromatic carbocycles. The van der Waals surface area contributed by atoms with E-state index in [4.69, 9.17) is 9.84 Å². The molecular formula is C28H25F2NO4. The van der Waals surface area contributed by atoms with E-state index in [1.165, 1.54) is 18.2 Å². The van der Waals surface area contributed by atoms with Gasteiger partial charge in [0.15, 0.2) is 0 Å². The smallest absolute Gasteiger partial charge is 0.335 e. The number of phenols is 1. The Morgan fingerprint density at radius 1 is 1.11 bits per heavy atom.